The van der Waals surface area contributed by atoms with Gasteiger partial charge in [0.05, 0.1) is 0 Å². The van der Waals surface area contributed by atoms with E-state index in [1.54, 1.807) is 12.1 Å². The second-order valence-corrected chi connectivity index (χ2v) is 3.85. The summed E-state index contributed by atoms with van der Waals surface area (Å²) in [5.74, 6) is 0.0645. The number of nitrogens with two attached hydrogens (primary N) is 1. The normalized spacial score (nSPS) is 13.0. The highest BCUT2D eigenvalue weighted by molar-refractivity contribution is 5.86. The van der Waals surface area contributed by atoms with Gasteiger partial charge in [0.1, 0.15) is 5.82 Å². The Morgan fingerprint density at radius 3 is 2.80 bits per heavy atom. The third kappa shape index (κ3) is 1.85. The van der Waals surface area contributed by atoms with Crippen molar-refractivity contribution in [3.05, 3.63) is 47.8 Å². The van der Waals surface area contributed by atoms with E-state index in [9.17, 15) is 4.39 Å². The van der Waals surface area contributed by atoms with E-state index in [0.717, 1.165) is 16.3 Å². The van der Waals surface area contributed by atoms with Gasteiger partial charge in [0.15, 0.2) is 0 Å². The van der Waals surface area contributed by atoms with Crippen LogP contribution in [0, 0.1) is 5.82 Å². The van der Waals surface area contributed by atoms with Crippen LogP contribution >= 0.6 is 0 Å². The van der Waals surface area contributed by atoms with Gasteiger partial charge in [-0.3, -0.25) is 0 Å². The van der Waals surface area contributed by atoms with Crippen LogP contribution in [0.1, 0.15) is 18.4 Å². The highest BCUT2D eigenvalue weighted by Crippen LogP contribution is 2.25. The molecule has 1 nitrogen and oxygen atoms in total. The minimum atomic E-state index is -0.195. The molecule has 0 radical (unpaired) electrons. The predicted octanol–water partition coefficient (Wildman–Crippen LogP) is 3.04. The molecule has 0 saturated carbocycles. The van der Waals surface area contributed by atoms with Crippen LogP contribution in [0.5, 0.6) is 0 Å². The van der Waals surface area contributed by atoms with Crippen molar-refractivity contribution in [2.24, 2.45) is 5.73 Å². The molecule has 0 aromatic heterocycles. The van der Waals surface area contributed by atoms with Gasteiger partial charge >= 0.3 is 0 Å². The highest BCUT2D eigenvalue weighted by Gasteiger charge is 2.07. The summed E-state index contributed by atoms with van der Waals surface area (Å²) in [5.41, 5.74) is 6.76. The average molecular weight is 203 g/mol. The molecule has 0 amide bonds. The van der Waals surface area contributed by atoms with Crippen LogP contribution in [0.2, 0.25) is 0 Å². The molecule has 2 heteroatoms. The van der Waals surface area contributed by atoms with Gasteiger partial charge in [0.25, 0.3) is 0 Å². The summed E-state index contributed by atoms with van der Waals surface area (Å²) in [5, 5.41) is 2.03. The van der Waals surface area contributed by atoms with Crippen LogP contribution in [0.15, 0.2) is 36.4 Å². The molecule has 0 aliphatic rings. The van der Waals surface area contributed by atoms with Crippen LogP contribution < -0.4 is 5.73 Å². The van der Waals surface area contributed by atoms with Crippen molar-refractivity contribution in [1.82, 2.24) is 0 Å². The maximum atomic E-state index is 13.2. The molecule has 0 saturated heterocycles. The molecular formula is C13H14FN. The Balaban J connectivity index is 2.68. The van der Waals surface area contributed by atoms with E-state index in [2.05, 4.69) is 6.92 Å². The number of hydrogen-bond acceptors (Lipinski definition) is 1. The van der Waals surface area contributed by atoms with Crippen molar-refractivity contribution in [1.29, 1.82) is 0 Å². The number of rotatable bonds is 2. The van der Waals surface area contributed by atoms with Crippen molar-refractivity contribution in [3.8, 4) is 0 Å². The van der Waals surface area contributed by atoms with E-state index in [4.69, 9.17) is 5.73 Å². The first-order valence-electron chi connectivity index (χ1n) is 5.10. The monoisotopic (exact) mass is 203 g/mol. The molecule has 0 heterocycles. The molecule has 2 rings (SSSR count). The van der Waals surface area contributed by atoms with E-state index in [0.29, 0.717) is 6.54 Å². The quantitative estimate of drug-likeness (QED) is 0.797. The molecule has 0 aliphatic carbocycles. The smallest absolute Gasteiger partial charge is 0.123 e. The van der Waals surface area contributed by atoms with Crippen LogP contribution in [-0.2, 0) is 0 Å². The minimum absolute atomic E-state index is 0.195. The van der Waals surface area contributed by atoms with Gasteiger partial charge in [-0.25, -0.2) is 4.39 Å². The number of hydrogen-bond donors (Lipinski definition) is 1. The van der Waals surface area contributed by atoms with Crippen molar-refractivity contribution < 1.29 is 4.39 Å². The van der Waals surface area contributed by atoms with Crippen molar-refractivity contribution in [2.75, 3.05) is 6.54 Å². The molecule has 78 valence electrons. The summed E-state index contributed by atoms with van der Waals surface area (Å²) in [4.78, 5) is 0. The highest BCUT2D eigenvalue weighted by atomic mass is 19.1. The molecule has 2 aromatic rings. The first-order chi connectivity index (χ1) is 7.22. The van der Waals surface area contributed by atoms with Crippen molar-refractivity contribution >= 4 is 10.8 Å². The summed E-state index contributed by atoms with van der Waals surface area (Å²) in [6.45, 7) is 2.63. The van der Waals surface area contributed by atoms with Crippen molar-refractivity contribution in [2.45, 2.75) is 12.8 Å². The lowest BCUT2D eigenvalue weighted by molar-refractivity contribution is 0.629. The molecule has 0 bridgehead atoms. The first kappa shape index (κ1) is 10.1. The summed E-state index contributed by atoms with van der Waals surface area (Å²) >= 11 is 0. The lowest BCUT2D eigenvalue weighted by Gasteiger charge is -2.12. The molecule has 0 aliphatic heterocycles. The molecule has 1 unspecified atom stereocenters. The summed E-state index contributed by atoms with van der Waals surface area (Å²) in [6.07, 6.45) is 0. The minimum Gasteiger partial charge on any atom is -0.330 e. The average Bonchev–Trinajstić information content (AvgIpc) is 2.27. The van der Waals surface area contributed by atoms with Gasteiger partial charge in [-0.05, 0) is 40.9 Å². The van der Waals surface area contributed by atoms with Gasteiger partial charge < -0.3 is 5.73 Å². The molecule has 1 atom stereocenters. The fraction of sp³-hybridized carbons (Fsp3) is 0.231. The molecule has 0 spiro atoms. The molecule has 15 heavy (non-hydrogen) atoms. The summed E-state index contributed by atoms with van der Waals surface area (Å²) in [6, 6.07) is 10.9. The van der Waals surface area contributed by atoms with Gasteiger partial charge in [-0.2, -0.15) is 0 Å². The Hall–Kier alpha value is -1.41. The van der Waals surface area contributed by atoms with Crippen LogP contribution in [-0.4, -0.2) is 6.54 Å². The van der Waals surface area contributed by atoms with Gasteiger partial charge in [-0.1, -0.05) is 31.2 Å². The van der Waals surface area contributed by atoms with Crippen LogP contribution in [0.4, 0.5) is 4.39 Å². The maximum absolute atomic E-state index is 13.2. The van der Waals surface area contributed by atoms with Gasteiger partial charge in [0.2, 0.25) is 0 Å². The lowest BCUT2D eigenvalue weighted by Crippen LogP contribution is -2.09. The SMILES string of the molecule is CC(CN)c1cccc2ccc(F)cc12. The topological polar surface area (TPSA) is 26.0 Å². The van der Waals surface area contributed by atoms with Gasteiger partial charge in [-0.15, -0.1) is 0 Å². The standard InChI is InChI=1S/C13H14FN/c1-9(8-15)12-4-2-3-10-5-6-11(14)7-13(10)12/h2-7,9H,8,15H2,1H3. The molecule has 2 aromatic carbocycles. The third-order valence-corrected chi connectivity index (χ3v) is 2.76. The molecular weight excluding hydrogens is 189 g/mol. The van der Waals surface area contributed by atoms with Gasteiger partial charge in [0, 0.05) is 0 Å². The summed E-state index contributed by atoms with van der Waals surface area (Å²) < 4.78 is 13.2. The zero-order valence-corrected chi connectivity index (χ0v) is 8.70. The number of halogens is 1. The second kappa shape index (κ2) is 3.99. The fourth-order valence-electron chi connectivity index (χ4n) is 1.83. The maximum Gasteiger partial charge on any atom is 0.123 e. The Kier molecular flexibility index (Phi) is 2.69. The predicted molar refractivity (Wildman–Crippen MR) is 61.4 cm³/mol. The fourth-order valence-corrected chi connectivity index (χ4v) is 1.83. The summed E-state index contributed by atoms with van der Waals surface area (Å²) in [7, 11) is 0. The zero-order valence-electron chi connectivity index (χ0n) is 8.70. The molecule has 2 N–H and O–H groups in total. The van der Waals surface area contributed by atoms with E-state index in [-0.39, 0.29) is 11.7 Å². The van der Waals surface area contributed by atoms with E-state index >= 15 is 0 Å². The Bertz CT molecular complexity index is 479. The van der Waals surface area contributed by atoms with Crippen LogP contribution in [0.25, 0.3) is 10.8 Å². The zero-order chi connectivity index (χ0) is 10.8. The first-order valence-corrected chi connectivity index (χ1v) is 5.10. The van der Waals surface area contributed by atoms with E-state index < -0.39 is 0 Å². The number of fused-ring (bicyclic) bond motifs is 1. The van der Waals surface area contributed by atoms with Crippen LogP contribution in [0.3, 0.4) is 0 Å². The van der Waals surface area contributed by atoms with Crippen molar-refractivity contribution in [3.63, 3.8) is 0 Å². The largest absolute Gasteiger partial charge is 0.330 e. The number of benzene rings is 2. The molecule has 0 fully saturated rings. The lowest BCUT2D eigenvalue weighted by atomic mass is 9.95. The second-order valence-electron chi connectivity index (χ2n) is 3.85. The Morgan fingerprint density at radius 1 is 1.27 bits per heavy atom. The Labute approximate surface area is 88.7 Å². The van der Waals surface area contributed by atoms with E-state index in [1.807, 2.05) is 18.2 Å². The third-order valence-electron chi connectivity index (χ3n) is 2.76. The Morgan fingerprint density at radius 2 is 2.07 bits per heavy atom. The van der Waals surface area contributed by atoms with E-state index in [1.165, 1.54) is 6.07 Å².